The lowest BCUT2D eigenvalue weighted by Crippen LogP contribution is -2.46. The van der Waals surface area contributed by atoms with Crippen molar-refractivity contribution >= 4 is 17.8 Å². The van der Waals surface area contributed by atoms with E-state index in [1.165, 1.54) is 4.90 Å². The first-order valence-electron chi connectivity index (χ1n) is 8.73. The summed E-state index contributed by atoms with van der Waals surface area (Å²) in [5.74, 6) is -2.23. The number of hydrogen-bond acceptors (Lipinski definition) is 6. The SMILES string of the molecule is CCCC[C@H](CC(=O)NO)C(=O)N1C[C@H](O)C[C@H]1C(=O)OC(C)(C)C. The number of hydrogen-bond donors (Lipinski definition) is 3. The van der Waals surface area contributed by atoms with Crippen LogP contribution >= 0.6 is 0 Å². The van der Waals surface area contributed by atoms with E-state index in [0.717, 1.165) is 12.8 Å². The number of unbranched alkanes of at least 4 members (excludes halogenated alkanes) is 1. The van der Waals surface area contributed by atoms with Gasteiger partial charge in [0.1, 0.15) is 11.6 Å². The normalized spacial score (nSPS) is 21.8. The Morgan fingerprint density at radius 3 is 2.48 bits per heavy atom. The highest BCUT2D eigenvalue weighted by molar-refractivity contribution is 5.89. The van der Waals surface area contributed by atoms with Gasteiger partial charge in [0.25, 0.3) is 0 Å². The van der Waals surface area contributed by atoms with Crippen molar-refractivity contribution in [2.24, 2.45) is 5.92 Å². The molecule has 144 valence electrons. The second-order valence-corrected chi connectivity index (χ2v) is 7.51. The second kappa shape index (κ2) is 9.15. The van der Waals surface area contributed by atoms with Crippen molar-refractivity contribution < 1.29 is 29.4 Å². The van der Waals surface area contributed by atoms with Crippen LogP contribution in [-0.2, 0) is 19.1 Å². The third-order valence-corrected chi connectivity index (χ3v) is 4.05. The number of esters is 1. The molecular formula is C17H30N2O6. The maximum atomic E-state index is 12.9. The van der Waals surface area contributed by atoms with Gasteiger partial charge in [-0.25, -0.2) is 10.3 Å². The van der Waals surface area contributed by atoms with Crippen LogP contribution in [-0.4, -0.2) is 57.3 Å². The number of likely N-dealkylation sites (tertiary alicyclic amines) is 1. The average Bonchev–Trinajstić information content (AvgIpc) is 2.90. The van der Waals surface area contributed by atoms with Crippen LogP contribution in [0.3, 0.4) is 0 Å². The van der Waals surface area contributed by atoms with Crippen LogP contribution in [0.2, 0.25) is 0 Å². The topological polar surface area (TPSA) is 116 Å². The van der Waals surface area contributed by atoms with Gasteiger partial charge in [-0.15, -0.1) is 0 Å². The molecule has 0 aromatic rings. The molecule has 0 aromatic heterocycles. The molecular weight excluding hydrogens is 328 g/mol. The number of rotatable bonds is 7. The Balaban J connectivity index is 2.91. The monoisotopic (exact) mass is 358 g/mol. The van der Waals surface area contributed by atoms with Crippen molar-refractivity contribution in [3.05, 3.63) is 0 Å². The maximum absolute atomic E-state index is 12.9. The van der Waals surface area contributed by atoms with Crippen molar-refractivity contribution in [2.45, 2.75) is 77.5 Å². The first-order chi connectivity index (χ1) is 11.6. The van der Waals surface area contributed by atoms with Crippen molar-refractivity contribution in [2.75, 3.05) is 6.54 Å². The van der Waals surface area contributed by atoms with E-state index in [-0.39, 0.29) is 25.3 Å². The van der Waals surface area contributed by atoms with Gasteiger partial charge >= 0.3 is 5.97 Å². The molecule has 0 unspecified atom stereocenters. The Morgan fingerprint density at radius 2 is 1.96 bits per heavy atom. The summed E-state index contributed by atoms with van der Waals surface area (Å²) in [6, 6.07) is -0.858. The number of β-amino-alcohol motifs (C(OH)–C–C–N with tert-alkyl or cyclic N) is 1. The molecule has 3 atom stereocenters. The number of aliphatic hydroxyl groups excluding tert-OH is 1. The van der Waals surface area contributed by atoms with E-state index in [9.17, 15) is 19.5 Å². The van der Waals surface area contributed by atoms with Gasteiger partial charge in [0.2, 0.25) is 11.8 Å². The lowest BCUT2D eigenvalue weighted by atomic mass is 9.96. The molecule has 8 heteroatoms. The van der Waals surface area contributed by atoms with E-state index in [1.54, 1.807) is 26.3 Å². The molecule has 1 rings (SSSR count). The summed E-state index contributed by atoms with van der Waals surface area (Å²) in [5.41, 5.74) is 0.844. The molecule has 0 bridgehead atoms. The fourth-order valence-corrected chi connectivity index (χ4v) is 2.92. The van der Waals surface area contributed by atoms with E-state index in [2.05, 4.69) is 0 Å². The van der Waals surface area contributed by atoms with Crippen LogP contribution in [0, 0.1) is 5.92 Å². The van der Waals surface area contributed by atoms with E-state index in [0.29, 0.717) is 6.42 Å². The van der Waals surface area contributed by atoms with Crippen LogP contribution in [0.1, 0.15) is 59.8 Å². The van der Waals surface area contributed by atoms with Gasteiger partial charge in [0.15, 0.2) is 0 Å². The largest absolute Gasteiger partial charge is 0.458 e. The second-order valence-electron chi connectivity index (χ2n) is 7.51. The minimum Gasteiger partial charge on any atom is -0.458 e. The fraction of sp³-hybridized carbons (Fsp3) is 0.824. The molecule has 8 nitrogen and oxygen atoms in total. The lowest BCUT2D eigenvalue weighted by molar-refractivity contribution is -0.164. The summed E-state index contributed by atoms with van der Waals surface area (Å²) in [5, 5.41) is 18.7. The highest BCUT2D eigenvalue weighted by Gasteiger charge is 2.43. The Morgan fingerprint density at radius 1 is 1.32 bits per heavy atom. The smallest absolute Gasteiger partial charge is 0.329 e. The van der Waals surface area contributed by atoms with Crippen LogP contribution in [0.15, 0.2) is 0 Å². The molecule has 1 saturated heterocycles. The summed E-state index contributed by atoms with van der Waals surface area (Å²) in [7, 11) is 0. The predicted molar refractivity (Wildman–Crippen MR) is 89.5 cm³/mol. The fourth-order valence-electron chi connectivity index (χ4n) is 2.92. The molecule has 1 aliphatic rings. The van der Waals surface area contributed by atoms with Crippen molar-refractivity contribution in [1.82, 2.24) is 10.4 Å². The van der Waals surface area contributed by atoms with E-state index < -0.39 is 35.5 Å². The highest BCUT2D eigenvalue weighted by Crippen LogP contribution is 2.26. The summed E-state index contributed by atoms with van der Waals surface area (Å²) in [6.45, 7) is 7.21. The standard InChI is InChI=1S/C17H30N2O6/c1-5-6-7-11(8-14(21)18-24)15(22)19-10-12(20)9-13(19)16(23)25-17(2,3)4/h11-13,20,24H,5-10H2,1-4H3,(H,18,21)/t11-,12-,13+/m1/s1. The van der Waals surface area contributed by atoms with Crippen LogP contribution in [0.4, 0.5) is 0 Å². The Bertz CT molecular complexity index is 488. The third kappa shape index (κ3) is 6.62. The number of aliphatic hydroxyl groups is 1. The minimum atomic E-state index is -0.858. The zero-order chi connectivity index (χ0) is 19.2. The molecule has 0 aromatic carbocycles. The number of carbonyl (C=O) groups is 3. The number of amides is 2. The van der Waals surface area contributed by atoms with Gasteiger partial charge in [0.05, 0.1) is 6.10 Å². The first-order valence-corrected chi connectivity index (χ1v) is 8.73. The average molecular weight is 358 g/mol. The molecule has 25 heavy (non-hydrogen) atoms. The van der Waals surface area contributed by atoms with Crippen molar-refractivity contribution in [3.8, 4) is 0 Å². The number of ether oxygens (including phenoxy) is 1. The van der Waals surface area contributed by atoms with E-state index in [4.69, 9.17) is 9.94 Å². The van der Waals surface area contributed by atoms with Gasteiger partial charge in [-0.2, -0.15) is 0 Å². The first kappa shape index (κ1) is 21.4. The molecule has 1 heterocycles. The van der Waals surface area contributed by atoms with Gasteiger partial charge in [-0.05, 0) is 27.2 Å². The number of nitrogens with one attached hydrogen (secondary N) is 1. The van der Waals surface area contributed by atoms with E-state index in [1.807, 2.05) is 6.92 Å². The summed E-state index contributed by atoms with van der Waals surface area (Å²) in [4.78, 5) is 38.1. The molecule has 0 saturated carbocycles. The van der Waals surface area contributed by atoms with Crippen LogP contribution in [0.25, 0.3) is 0 Å². The zero-order valence-electron chi connectivity index (χ0n) is 15.4. The molecule has 2 amide bonds. The predicted octanol–water partition coefficient (Wildman–Crippen LogP) is 0.992. The van der Waals surface area contributed by atoms with Gasteiger partial charge in [0, 0.05) is 25.3 Å². The maximum Gasteiger partial charge on any atom is 0.329 e. The highest BCUT2D eigenvalue weighted by atomic mass is 16.6. The summed E-state index contributed by atoms with van der Waals surface area (Å²) in [6.07, 6.45) is 1.21. The molecule has 0 radical (unpaired) electrons. The molecule has 0 spiro atoms. The minimum absolute atomic E-state index is 0.0338. The molecule has 0 aliphatic carbocycles. The number of nitrogens with zero attached hydrogens (tertiary/aromatic N) is 1. The quantitative estimate of drug-likeness (QED) is 0.355. The Hall–Kier alpha value is -1.67. The number of hydroxylamine groups is 1. The lowest BCUT2D eigenvalue weighted by Gasteiger charge is -2.29. The van der Waals surface area contributed by atoms with Gasteiger partial charge in [-0.3, -0.25) is 14.8 Å². The van der Waals surface area contributed by atoms with Crippen LogP contribution in [0.5, 0.6) is 0 Å². The molecule has 3 N–H and O–H groups in total. The van der Waals surface area contributed by atoms with Crippen LogP contribution < -0.4 is 5.48 Å². The van der Waals surface area contributed by atoms with Crippen molar-refractivity contribution in [3.63, 3.8) is 0 Å². The number of carbonyl (C=O) groups excluding carboxylic acids is 3. The summed E-state index contributed by atoms with van der Waals surface area (Å²) >= 11 is 0. The third-order valence-electron chi connectivity index (χ3n) is 4.05. The zero-order valence-corrected chi connectivity index (χ0v) is 15.4. The van der Waals surface area contributed by atoms with Gasteiger partial charge < -0.3 is 14.7 Å². The van der Waals surface area contributed by atoms with Gasteiger partial charge in [-0.1, -0.05) is 19.8 Å². The van der Waals surface area contributed by atoms with E-state index >= 15 is 0 Å². The summed E-state index contributed by atoms with van der Waals surface area (Å²) < 4.78 is 5.35. The molecule has 1 fully saturated rings. The molecule has 1 aliphatic heterocycles. The Kier molecular flexibility index (Phi) is 7.82. The Labute approximate surface area is 148 Å². The van der Waals surface area contributed by atoms with Crippen molar-refractivity contribution in [1.29, 1.82) is 0 Å².